The van der Waals surface area contributed by atoms with Crippen LogP contribution in [0, 0.1) is 0 Å². The molecule has 1 heterocycles. The van der Waals surface area contributed by atoms with Gasteiger partial charge in [-0.1, -0.05) is 66.2 Å². The smallest absolute Gasteiger partial charge is 0.376 e. The number of nitrogens with zero attached hydrogens (tertiary/aromatic N) is 1. The number of aromatic nitrogens is 1. The predicted octanol–water partition coefficient (Wildman–Crippen LogP) is 5.56. The number of carbonyl (C=O) groups excluding carboxylic acids is 1. The Labute approximate surface area is 183 Å². The summed E-state index contributed by atoms with van der Waals surface area (Å²) in [6, 6.07) is 23.5. The van der Waals surface area contributed by atoms with Gasteiger partial charge < -0.3 is 14.8 Å². The Hall–Kier alpha value is -3.83. The van der Waals surface area contributed by atoms with Crippen molar-refractivity contribution in [1.29, 1.82) is 0 Å². The average molecular weight is 432 g/mol. The van der Waals surface area contributed by atoms with Gasteiger partial charge in [0.05, 0.1) is 0 Å². The van der Waals surface area contributed by atoms with Gasteiger partial charge in [0, 0.05) is 40.3 Å². The Balaban J connectivity index is 1.70. The van der Waals surface area contributed by atoms with Crippen molar-refractivity contribution in [1.82, 2.24) is 4.57 Å². The summed E-state index contributed by atoms with van der Waals surface area (Å²) in [7, 11) is 0. The van der Waals surface area contributed by atoms with Gasteiger partial charge >= 0.3 is 5.97 Å². The van der Waals surface area contributed by atoms with E-state index in [1.165, 1.54) is 0 Å². The average Bonchev–Trinajstić information content (AvgIpc) is 3.12. The maximum atomic E-state index is 11.5. The van der Waals surface area contributed by atoms with Crippen molar-refractivity contribution < 1.29 is 19.8 Å². The lowest BCUT2D eigenvalue weighted by Crippen LogP contribution is -2.09. The molecular weight excluding hydrogens is 414 g/mol. The van der Waals surface area contributed by atoms with Gasteiger partial charge in [0.1, 0.15) is 5.76 Å². The molecule has 0 radical (unpaired) electrons. The van der Waals surface area contributed by atoms with E-state index in [4.69, 9.17) is 16.7 Å². The molecule has 4 rings (SSSR count). The van der Waals surface area contributed by atoms with E-state index < -0.39 is 17.5 Å². The third kappa shape index (κ3) is 4.37. The minimum absolute atomic E-state index is 0.341. The van der Waals surface area contributed by atoms with E-state index in [0.29, 0.717) is 28.6 Å². The molecule has 0 aliphatic carbocycles. The van der Waals surface area contributed by atoms with Crippen LogP contribution >= 0.6 is 11.6 Å². The first-order valence-corrected chi connectivity index (χ1v) is 9.91. The molecule has 154 valence electrons. The number of aliphatic hydroxyl groups excluding tert-OH is 1. The molecule has 0 aliphatic rings. The van der Waals surface area contributed by atoms with Crippen molar-refractivity contribution in [3.05, 3.63) is 101 Å². The van der Waals surface area contributed by atoms with Crippen molar-refractivity contribution in [2.75, 3.05) is 0 Å². The first kappa shape index (κ1) is 20.4. The Morgan fingerprint density at radius 3 is 2.26 bits per heavy atom. The summed E-state index contributed by atoms with van der Waals surface area (Å²) in [4.78, 5) is 22.3. The molecule has 2 N–H and O–H groups in total. The third-order valence-electron chi connectivity index (χ3n) is 5.01. The fraction of sp³-hybridized carbons (Fsp3) is 0.0400. The highest BCUT2D eigenvalue weighted by atomic mass is 35.5. The van der Waals surface area contributed by atoms with E-state index in [1.54, 1.807) is 18.3 Å². The van der Waals surface area contributed by atoms with Crippen LogP contribution in [-0.2, 0) is 16.1 Å². The highest BCUT2D eigenvalue weighted by Gasteiger charge is 2.16. The number of aliphatic hydroxyl groups is 1. The van der Waals surface area contributed by atoms with Gasteiger partial charge in [-0.3, -0.25) is 4.79 Å². The van der Waals surface area contributed by atoms with Crippen LogP contribution in [0.25, 0.3) is 27.8 Å². The van der Waals surface area contributed by atoms with Crippen LogP contribution in [0.15, 0.2) is 85.1 Å². The van der Waals surface area contributed by atoms with Crippen LogP contribution in [0.4, 0.5) is 0 Å². The van der Waals surface area contributed by atoms with Gasteiger partial charge in [-0.2, -0.15) is 0 Å². The number of fused-ring (bicyclic) bond motifs is 1. The van der Waals surface area contributed by atoms with Crippen LogP contribution in [-0.4, -0.2) is 26.5 Å². The summed E-state index contributed by atoms with van der Waals surface area (Å²) < 4.78 is 1.92. The number of hydrogen-bond acceptors (Lipinski definition) is 3. The van der Waals surface area contributed by atoms with E-state index >= 15 is 0 Å². The lowest BCUT2D eigenvalue weighted by molar-refractivity contribution is -0.146. The summed E-state index contributed by atoms with van der Waals surface area (Å²) in [6.45, 7) is 0.521. The Morgan fingerprint density at radius 1 is 0.903 bits per heavy atom. The van der Waals surface area contributed by atoms with E-state index in [2.05, 4.69) is 24.3 Å². The van der Waals surface area contributed by atoms with Crippen molar-refractivity contribution in [2.24, 2.45) is 0 Å². The number of carboxylic acid groups (broad SMARTS) is 1. The summed E-state index contributed by atoms with van der Waals surface area (Å²) in [6.07, 6.45) is 2.39. The zero-order chi connectivity index (χ0) is 22.0. The molecule has 0 unspecified atom stereocenters. The molecule has 0 amide bonds. The number of ketones is 1. The second-order valence-corrected chi connectivity index (χ2v) is 7.53. The molecule has 0 atom stereocenters. The molecule has 0 saturated carbocycles. The quantitative estimate of drug-likeness (QED) is 0.238. The number of halogens is 1. The molecule has 0 fully saturated rings. The molecule has 0 saturated heterocycles. The van der Waals surface area contributed by atoms with Gasteiger partial charge in [-0.25, -0.2) is 4.79 Å². The summed E-state index contributed by atoms with van der Waals surface area (Å²) in [5.41, 5.74) is 4.43. The number of carbonyl (C=O) groups is 2. The number of aliphatic carboxylic acids is 1. The van der Waals surface area contributed by atoms with Gasteiger partial charge in [0.25, 0.3) is 5.78 Å². The standard InChI is InChI=1S/C25H18ClNO4/c26-19-10-11-22-20(12-19)21(23(28)13-24(29)25(30)31)15-27(22)14-16-6-8-18(9-7-16)17-4-2-1-3-5-17/h1-13,15,28H,14H2,(H,30,31)/b23-13+. The number of benzene rings is 3. The Bertz CT molecular complexity index is 1300. The number of carboxylic acids is 1. The molecule has 0 spiro atoms. The SMILES string of the molecule is O=C(O)C(=O)/C=C(/O)c1cn(Cc2ccc(-c3ccccc3)cc2)c2ccc(Cl)cc12. The van der Waals surface area contributed by atoms with Gasteiger partial charge in [0.15, 0.2) is 0 Å². The normalized spacial score (nSPS) is 11.6. The monoisotopic (exact) mass is 431 g/mol. The van der Waals surface area contributed by atoms with Crippen molar-refractivity contribution in [3.63, 3.8) is 0 Å². The molecule has 1 aromatic heterocycles. The van der Waals surface area contributed by atoms with Gasteiger partial charge in [-0.05, 0) is 34.9 Å². The van der Waals surface area contributed by atoms with Crippen LogP contribution in [0.2, 0.25) is 5.02 Å². The number of hydrogen-bond donors (Lipinski definition) is 2. The third-order valence-corrected chi connectivity index (χ3v) is 5.25. The zero-order valence-electron chi connectivity index (χ0n) is 16.3. The van der Waals surface area contributed by atoms with Crippen molar-refractivity contribution in [2.45, 2.75) is 6.54 Å². The molecule has 3 aromatic carbocycles. The first-order chi connectivity index (χ1) is 14.9. The molecule has 4 aromatic rings. The van der Waals surface area contributed by atoms with Crippen LogP contribution in [0.5, 0.6) is 0 Å². The molecular formula is C25H18ClNO4. The molecule has 31 heavy (non-hydrogen) atoms. The Morgan fingerprint density at radius 2 is 1.58 bits per heavy atom. The summed E-state index contributed by atoms with van der Waals surface area (Å²) in [5, 5.41) is 20.3. The molecule has 0 aliphatic heterocycles. The minimum Gasteiger partial charge on any atom is -0.507 e. The van der Waals surface area contributed by atoms with Gasteiger partial charge in [-0.15, -0.1) is 0 Å². The predicted molar refractivity (Wildman–Crippen MR) is 121 cm³/mol. The lowest BCUT2D eigenvalue weighted by Gasteiger charge is -2.07. The van der Waals surface area contributed by atoms with E-state index in [-0.39, 0.29) is 0 Å². The summed E-state index contributed by atoms with van der Waals surface area (Å²) >= 11 is 6.13. The Kier molecular flexibility index (Phi) is 5.60. The highest BCUT2D eigenvalue weighted by Crippen LogP contribution is 2.30. The number of rotatable bonds is 6. The van der Waals surface area contributed by atoms with E-state index in [1.807, 2.05) is 41.0 Å². The maximum absolute atomic E-state index is 11.5. The fourth-order valence-corrected chi connectivity index (χ4v) is 3.67. The largest absolute Gasteiger partial charge is 0.507 e. The van der Waals surface area contributed by atoms with Crippen LogP contribution in [0.1, 0.15) is 11.1 Å². The molecule has 6 heteroatoms. The first-order valence-electron chi connectivity index (χ1n) is 9.53. The fourth-order valence-electron chi connectivity index (χ4n) is 3.50. The maximum Gasteiger partial charge on any atom is 0.376 e. The topological polar surface area (TPSA) is 79.5 Å². The minimum atomic E-state index is -1.63. The molecule has 0 bridgehead atoms. The van der Waals surface area contributed by atoms with Crippen LogP contribution < -0.4 is 0 Å². The van der Waals surface area contributed by atoms with Crippen molar-refractivity contribution in [3.8, 4) is 11.1 Å². The second kappa shape index (κ2) is 8.50. The van der Waals surface area contributed by atoms with E-state index in [0.717, 1.165) is 22.2 Å². The second-order valence-electron chi connectivity index (χ2n) is 7.09. The van der Waals surface area contributed by atoms with Crippen molar-refractivity contribution >= 4 is 40.0 Å². The van der Waals surface area contributed by atoms with E-state index in [9.17, 15) is 14.7 Å². The van der Waals surface area contributed by atoms with Gasteiger partial charge in [0.2, 0.25) is 0 Å². The molecule has 5 nitrogen and oxygen atoms in total. The van der Waals surface area contributed by atoms with Crippen LogP contribution in [0.3, 0.4) is 0 Å². The summed E-state index contributed by atoms with van der Waals surface area (Å²) in [5.74, 6) is -3.25. The highest BCUT2D eigenvalue weighted by molar-refractivity contribution is 6.38. The zero-order valence-corrected chi connectivity index (χ0v) is 17.1. The lowest BCUT2D eigenvalue weighted by atomic mass is 10.0.